The van der Waals surface area contributed by atoms with Crippen molar-refractivity contribution in [2.45, 2.75) is 52.4 Å². The molecule has 34 heavy (non-hydrogen) atoms. The number of anilines is 2. The zero-order chi connectivity index (χ0) is 24.1. The minimum atomic E-state index is 0.0303. The third-order valence-corrected chi connectivity index (χ3v) is 5.79. The van der Waals surface area contributed by atoms with Crippen molar-refractivity contribution in [3.05, 3.63) is 54.0 Å². The largest absolute Gasteiger partial charge is 0.394 e. The summed E-state index contributed by atoms with van der Waals surface area (Å²) in [6, 6.07) is 8.08. The molecule has 3 heterocycles. The summed E-state index contributed by atoms with van der Waals surface area (Å²) >= 11 is 0. The van der Waals surface area contributed by atoms with Crippen molar-refractivity contribution in [2.24, 2.45) is 0 Å². The molecule has 1 fully saturated rings. The highest BCUT2D eigenvalue weighted by molar-refractivity contribution is 5.77. The maximum atomic E-state index is 12.5. The normalized spacial score (nSPS) is 13.9. The van der Waals surface area contributed by atoms with Crippen LogP contribution >= 0.6 is 0 Å². The van der Waals surface area contributed by atoms with Crippen LogP contribution < -0.4 is 5.32 Å². The maximum absolute atomic E-state index is 12.5. The number of rotatable bonds is 10. The van der Waals surface area contributed by atoms with Crippen molar-refractivity contribution in [1.29, 1.82) is 0 Å². The Hall–Kier alpha value is -3.30. The van der Waals surface area contributed by atoms with Gasteiger partial charge in [0, 0.05) is 37.5 Å². The summed E-state index contributed by atoms with van der Waals surface area (Å²) in [6.07, 6.45) is 6.77. The molecule has 0 spiro atoms. The van der Waals surface area contributed by atoms with Crippen molar-refractivity contribution < 1.29 is 14.6 Å². The van der Waals surface area contributed by atoms with Gasteiger partial charge in [0.2, 0.25) is 11.9 Å². The number of nitrogens with zero attached hydrogens (tertiary/aromatic N) is 5. The molecular weight excluding hydrogens is 432 g/mol. The van der Waals surface area contributed by atoms with Crippen molar-refractivity contribution in [1.82, 2.24) is 24.6 Å². The van der Waals surface area contributed by atoms with Gasteiger partial charge in [0.25, 0.3) is 0 Å². The van der Waals surface area contributed by atoms with E-state index in [2.05, 4.69) is 39.4 Å². The van der Waals surface area contributed by atoms with Crippen LogP contribution in [0.4, 0.5) is 11.6 Å². The molecule has 180 valence electrons. The third kappa shape index (κ3) is 5.98. The number of ether oxygens (including phenoxy) is 1. The summed E-state index contributed by atoms with van der Waals surface area (Å²) in [5.74, 6) is 0.656. The molecule has 2 aromatic heterocycles. The number of aliphatic hydroxyl groups excluding tert-OH is 1. The molecule has 2 N–H and O–H groups in total. The van der Waals surface area contributed by atoms with Crippen LogP contribution in [0.2, 0.25) is 0 Å². The quantitative estimate of drug-likeness (QED) is 0.475. The van der Waals surface area contributed by atoms with Gasteiger partial charge in [0.15, 0.2) is 0 Å². The molecule has 1 aliphatic heterocycles. The Morgan fingerprint density at radius 3 is 2.85 bits per heavy atom. The van der Waals surface area contributed by atoms with E-state index in [4.69, 9.17) is 9.84 Å². The number of carbonyl (C=O) groups is 1. The number of aryl methyl sites for hydroxylation is 2. The first-order valence-electron chi connectivity index (χ1n) is 11.7. The monoisotopic (exact) mass is 464 g/mol. The highest BCUT2D eigenvalue weighted by atomic mass is 16.5. The van der Waals surface area contributed by atoms with Gasteiger partial charge in [-0.25, -0.2) is 9.97 Å². The minimum Gasteiger partial charge on any atom is -0.394 e. The van der Waals surface area contributed by atoms with Gasteiger partial charge in [-0.15, -0.1) is 0 Å². The second-order valence-electron chi connectivity index (χ2n) is 8.85. The lowest BCUT2D eigenvalue weighted by atomic mass is 9.99. The van der Waals surface area contributed by atoms with Crippen LogP contribution in [0.5, 0.6) is 0 Å². The van der Waals surface area contributed by atoms with Crippen molar-refractivity contribution >= 4 is 17.5 Å². The molecule has 0 radical (unpaired) electrons. The first-order valence-corrected chi connectivity index (χ1v) is 11.7. The summed E-state index contributed by atoms with van der Waals surface area (Å²) in [4.78, 5) is 23.3. The number of aromatic nitrogens is 4. The fourth-order valence-corrected chi connectivity index (χ4v) is 4.01. The predicted octanol–water partition coefficient (Wildman–Crippen LogP) is 2.95. The molecule has 0 bridgehead atoms. The Morgan fingerprint density at radius 1 is 1.29 bits per heavy atom. The Kier molecular flexibility index (Phi) is 7.54. The molecule has 1 amide bonds. The fourth-order valence-electron chi connectivity index (χ4n) is 4.01. The molecule has 1 saturated heterocycles. The smallest absolute Gasteiger partial charge is 0.227 e. The third-order valence-electron chi connectivity index (χ3n) is 5.79. The Bertz CT molecular complexity index is 1120. The highest BCUT2D eigenvalue weighted by Crippen LogP contribution is 2.24. The van der Waals surface area contributed by atoms with E-state index in [1.165, 1.54) is 0 Å². The number of likely N-dealkylation sites (tertiary alicyclic amines) is 1. The molecule has 0 aliphatic carbocycles. The number of nitrogens with one attached hydrogen (secondary N) is 1. The number of hydrogen-bond donors (Lipinski definition) is 2. The lowest BCUT2D eigenvalue weighted by Crippen LogP contribution is -2.55. The number of carbonyl (C=O) groups excluding carboxylic acids is 1. The zero-order valence-corrected chi connectivity index (χ0v) is 19.9. The number of benzene rings is 1. The summed E-state index contributed by atoms with van der Waals surface area (Å²) in [7, 11) is 0. The van der Waals surface area contributed by atoms with E-state index in [9.17, 15) is 4.79 Å². The van der Waals surface area contributed by atoms with Crippen LogP contribution in [0.15, 0.2) is 42.9 Å². The molecule has 0 atom stereocenters. The molecule has 3 aromatic rings. The van der Waals surface area contributed by atoms with Gasteiger partial charge in [-0.05, 0) is 50.5 Å². The molecular formula is C25H32N6O3. The number of hydrogen-bond acceptors (Lipinski definition) is 7. The van der Waals surface area contributed by atoms with E-state index in [1.54, 1.807) is 23.3 Å². The van der Waals surface area contributed by atoms with E-state index >= 15 is 0 Å². The lowest BCUT2D eigenvalue weighted by Gasteiger charge is -2.40. The van der Waals surface area contributed by atoms with Crippen molar-refractivity contribution in [3.63, 3.8) is 0 Å². The van der Waals surface area contributed by atoms with Gasteiger partial charge in [0.1, 0.15) is 0 Å². The van der Waals surface area contributed by atoms with Gasteiger partial charge in [-0.2, -0.15) is 5.10 Å². The summed E-state index contributed by atoms with van der Waals surface area (Å²) < 4.78 is 7.39. The van der Waals surface area contributed by atoms with Gasteiger partial charge >= 0.3 is 0 Å². The molecule has 9 nitrogen and oxygen atoms in total. The first kappa shape index (κ1) is 23.8. The van der Waals surface area contributed by atoms with E-state index in [0.717, 1.165) is 28.1 Å². The standard InChI is InChI=1S/C25H32N6O3/c1-17(2)34-22-15-30(16-22)24(33)7-6-19-4-5-20(12-18(19)3)23-8-9-26-25(29-23)28-21-13-27-31(14-21)10-11-32/h4-5,8-9,12-14,17,22,32H,6-7,10-11,15-16H2,1-3H3,(H,26,28,29). The van der Waals surface area contributed by atoms with Gasteiger partial charge in [0.05, 0.1) is 42.9 Å². The van der Waals surface area contributed by atoms with Gasteiger partial charge in [-0.1, -0.05) is 12.1 Å². The van der Waals surface area contributed by atoms with Crippen molar-refractivity contribution in [2.75, 3.05) is 25.0 Å². The van der Waals surface area contributed by atoms with E-state index in [-0.39, 0.29) is 24.7 Å². The first-order chi connectivity index (χ1) is 16.4. The Balaban J connectivity index is 1.34. The van der Waals surface area contributed by atoms with Crippen LogP contribution in [-0.4, -0.2) is 67.6 Å². The molecule has 4 rings (SSSR count). The van der Waals surface area contributed by atoms with Crippen LogP contribution in [0, 0.1) is 6.92 Å². The average Bonchev–Trinajstić information content (AvgIpc) is 3.22. The second kappa shape index (κ2) is 10.8. The van der Waals surface area contributed by atoms with E-state index < -0.39 is 0 Å². The Morgan fingerprint density at radius 2 is 2.12 bits per heavy atom. The number of amides is 1. The predicted molar refractivity (Wildman–Crippen MR) is 130 cm³/mol. The average molecular weight is 465 g/mol. The van der Waals surface area contributed by atoms with Gasteiger partial charge < -0.3 is 20.1 Å². The molecule has 0 saturated carbocycles. The van der Waals surface area contributed by atoms with Crippen LogP contribution in [-0.2, 0) is 22.5 Å². The van der Waals surface area contributed by atoms with Gasteiger partial charge in [-0.3, -0.25) is 9.48 Å². The minimum absolute atomic E-state index is 0.0303. The molecule has 1 aromatic carbocycles. The Labute approximate surface area is 199 Å². The highest BCUT2D eigenvalue weighted by Gasteiger charge is 2.31. The van der Waals surface area contributed by atoms with E-state index in [1.807, 2.05) is 30.9 Å². The lowest BCUT2D eigenvalue weighted by molar-refractivity contribution is -0.148. The molecule has 0 unspecified atom stereocenters. The fraction of sp³-hybridized carbons (Fsp3) is 0.440. The van der Waals surface area contributed by atoms with Crippen molar-refractivity contribution in [3.8, 4) is 11.3 Å². The SMILES string of the molecule is Cc1cc(-c2ccnc(Nc3cnn(CCO)c3)n2)ccc1CCC(=O)N1CC(OC(C)C)C1. The maximum Gasteiger partial charge on any atom is 0.227 e. The topological polar surface area (TPSA) is 105 Å². The zero-order valence-electron chi connectivity index (χ0n) is 19.9. The van der Waals surface area contributed by atoms with E-state index in [0.29, 0.717) is 38.4 Å². The van der Waals surface area contributed by atoms with Crippen LogP contribution in [0.3, 0.4) is 0 Å². The van der Waals surface area contributed by atoms with Crippen LogP contribution in [0.25, 0.3) is 11.3 Å². The van der Waals surface area contributed by atoms with Crippen LogP contribution in [0.1, 0.15) is 31.4 Å². The second-order valence-corrected chi connectivity index (χ2v) is 8.85. The summed E-state index contributed by atoms with van der Waals surface area (Å²) in [5.41, 5.74) is 4.85. The molecule has 9 heteroatoms. The molecule has 1 aliphatic rings. The summed E-state index contributed by atoms with van der Waals surface area (Å²) in [5, 5.41) is 16.4. The summed E-state index contributed by atoms with van der Waals surface area (Å²) in [6.45, 7) is 7.96. The number of aliphatic hydroxyl groups is 1.